The van der Waals surface area contributed by atoms with Gasteiger partial charge in [-0.15, -0.1) is 0 Å². The summed E-state index contributed by atoms with van der Waals surface area (Å²) in [5, 5.41) is 2.59. The van der Waals surface area contributed by atoms with Crippen molar-refractivity contribution in [2.75, 3.05) is 6.61 Å². The Hall–Kier alpha value is -2.49. The number of rotatable bonds is 5. The van der Waals surface area contributed by atoms with Crippen LogP contribution in [0.4, 0.5) is 4.39 Å². The Kier molecular flexibility index (Phi) is 8.37. The molecule has 146 valence electrons. The van der Waals surface area contributed by atoms with Crippen LogP contribution in [0.1, 0.15) is 5.56 Å². The Morgan fingerprint density at radius 3 is 2.57 bits per heavy atom. The zero-order valence-corrected chi connectivity index (χ0v) is 17.3. The zero-order chi connectivity index (χ0) is 20.5. The number of hydrazine groups is 1. The third kappa shape index (κ3) is 7.63. The Morgan fingerprint density at radius 1 is 1.18 bits per heavy atom. The lowest BCUT2D eigenvalue weighted by atomic mass is 10.2. The van der Waals surface area contributed by atoms with E-state index in [0.717, 1.165) is 4.47 Å². The van der Waals surface area contributed by atoms with E-state index < -0.39 is 11.8 Å². The lowest BCUT2D eigenvalue weighted by Gasteiger charge is -2.11. The molecule has 10 heteroatoms. The highest BCUT2D eigenvalue weighted by Gasteiger charge is 2.07. The summed E-state index contributed by atoms with van der Waals surface area (Å²) in [6.45, 7) is -0.310. The number of hydrogen-bond acceptors (Lipinski definition) is 4. The first-order valence-electron chi connectivity index (χ1n) is 7.75. The first-order valence-corrected chi connectivity index (χ1v) is 9.32. The normalized spacial score (nSPS) is 10.4. The van der Waals surface area contributed by atoms with E-state index in [1.54, 1.807) is 18.2 Å². The van der Waals surface area contributed by atoms with Crippen molar-refractivity contribution in [1.82, 2.24) is 16.2 Å². The largest absolute Gasteiger partial charge is 0.482 e. The number of benzene rings is 2. The first kappa shape index (κ1) is 21.8. The Morgan fingerprint density at radius 2 is 1.89 bits per heavy atom. The van der Waals surface area contributed by atoms with E-state index >= 15 is 0 Å². The number of ether oxygens (including phenoxy) is 1. The van der Waals surface area contributed by atoms with Crippen molar-refractivity contribution in [3.05, 3.63) is 69.4 Å². The van der Waals surface area contributed by atoms with E-state index in [-0.39, 0.29) is 17.5 Å². The fourth-order valence-electron chi connectivity index (χ4n) is 1.83. The molecule has 0 aliphatic rings. The van der Waals surface area contributed by atoms with Gasteiger partial charge < -0.3 is 4.74 Å². The van der Waals surface area contributed by atoms with Gasteiger partial charge in [-0.05, 0) is 54.2 Å². The number of amides is 2. The zero-order valence-electron chi connectivity index (χ0n) is 14.2. The lowest BCUT2D eigenvalue weighted by molar-refractivity contribution is -0.123. The van der Waals surface area contributed by atoms with Gasteiger partial charge in [-0.1, -0.05) is 39.7 Å². The van der Waals surface area contributed by atoms with Crippen LogP contribution in [0, 0.1) is 5.82 Å². The lowest BCUT2D eigenvalue weighted by Crippen LogP contribution is -2.49. The number of nitrogens with one attached hydrogen (secondary N) is 3. The number of thiocarbonyl (C=S) groups is 1. The van der Waals surface area contributed by atoms with Gasteiger partial charge in [0.25, 0.3) is 5.91 Å². The molecule has 28 heavy (non-hydrogen) atoms. The van der Waals surface area contributed by atoms with Crippen molar-refractivity contribution in [1.29, 1.82) is 0 Å². The Bertz CT molecular complexity index is 909. The van der Waals surface area contributed by atoms with E-state index in [4.69, 9.17) is 28.6 Å². The molecule has 0 spiro atoms. The summed E-state index contributed by atoms with van der Waals surface area (Å²) in [5.74, 6) is -1.07. The summed E-state index contributed by atoms with van der Waals surface area (Å²) in [6.07, 6.45) is 2.72. The summed E-state index contributed by atoms with van der Waals surface area (Å²) in [7, 11) is 0. The molecule has 0 unspecified atom stereocenters. The second-order valence-electron chi connectivity index (χ2n) is 5.24. The molecular weight excluding hydrogens is 473 g/mol. The van der Waals surface area contributed by atoms with Gasteiger partial charge in [0.05, 0.1) is 5.02 Å². The van der Waals surface area contributed by atoms with Crippen LogP contribution in [0.2, 0.25) is 5.02 Å². The van der Waals surface area contributed by atoms with Crippen molar-refractivity contribution in [2.24, 2.45) is 0 Å². The predicted octanol–water partition coefficient (Wildman–Crippen LogP) is 3.36. The van der Waals surface area contributed by atoms with E-state index in [1.807, 2.05) is 0 Å². The third-order valence-electron chi connectivity index (χ3n) is 3.10. The molecule has 6 nitrogen and oxygen atoms in total. The summed E-state index contributed by atoms with van der Waals surface area (Å²) in [6, 6.07) is 10.6. The predicted molar refractivity (Wildman–Crippen MR) is 112 cm³/mol. The minimum absolute atomic E-state index is 0.108. The smallest absolute Gasteiger partial charge is 0.276 e. The molecule has 2 aromatic rings. The number of halogens is 3. The van der Waals surface area contributed by atoms with Crippen LogP contribution in [0.15, 0.2) is 53.0 Å². The van der Waals surface area contributed by atoms with Gasteiger partial charge in [0.15, 0.2) is 11.7 Å². The van der Waals surface area contributed by atoms with Gasteiger partial charge in [-0.3, -0.25) is 25.8 Å². The van der Waals surface area contributed by atoms with Crippen molar-refractivity contribution >= 4 is 62.8 Å². The number of hydrogen-bond donors (Lipinski definition) is 3. The van der Waals surface area contributed by atoms with Crippen LogP contribution in [0.25, 0.3) is 6.08 Å². The van der Waals surface area contributed by atoms with Crippen molar-refractivity contribution in [3.63, 3.8) is 0 Å². The summed E-state index contributed by atoms with van der Waals surface area (Å²) in [4.78, 5) is 23.5. The number of carbonyl (C=O) groups excluding carboxylic acids is 2. The molecule has 0 heterocycles. The second-order valence-corrected chi connectivity index (χ2v) is 6.97. The molecule has 0 aromatic heterocycles. The van der Waals surface area contributed by atoms with Gasteiger partial charge in [0.2, 0.25) is 5.91 Å². The summed E-state index contributed by atoms with van der Waals surface area (Å²) in [5.41, 5.74) is 5.30. The highest BCUT2D eigenvalue weighted by atomic mass is 79.9. The third-order valence-corrected chi connectivity index (χ3v) is 4.09. The van der Waals surface area contributed by atoms with Crippen molar-refractivity contribution in [3.8, 4) is 5.75 Å². The highest BCUT2D eigenvalue weighted by Crippen LogP contribution is 2.27. The monoisotopic (exact) mass is 485 g/mol. The van der Waals surface area contributed by atoms with E-state index in [9.17, 15) is 14.0 Å². The van der Waals surface area contributed by atoms with Gasteiger partial charge in [-0.25, -0.2) is 4.39 Å². The molecule has 0 bridgehead atoms. The van der Waals surface area contributed by atoms with Crippen molar-refractivity contribution < 1.29 is 18.7 Å². The van der Waals surface area contributed by atoms with E-state index in [2.05, 4.69) is 32.1 Å². The molecule has 0 aliphatic carbocycles. The van der Waals surface area contributed by atoms with Crippen LogP contribution < -0.4 is 20.9 Å². The fourth-order valence-corrected chi connectivity index (χ4v) is 2.71. The molecule has 0 radical (unpaired) electrons. The standard InChI is InChI=1S/C18H14BrClFN3O3S/c19-12-4-7-15(14(20)9-12)27-10-17(26)23-24-18(28)22-16(25)8-3-11-1-5-13(21)6-2-11/h1-9H,10H2,(H,23,26)(H2,22,24,25,28). The molecule has 0 saturated carbocycles. The van der Waals surface area contributed by atoms with Gasteiger partial charge in [0.1, 0.15) is 11.6 Å². The first-order chi connectivity index (χ1) is 13.3. The quantitative estimate of drug-likeness (QED) is 0.343. The average molecular weight is 487 g/mol. The fraction of sp³-hybridized carbons (Fsp3) is 0.0556. The van der Waals surface area contributed by atoms with Gasteiger partial charge >= 0.3 is 0 Å². The van der Waals surface area contributed by atoms with Crippen LogP contribution in [0.5, 0.6) is 5.75 Å². The summed E-state index contributed by atoms with van der Waals surface area (Å²) >= 11 is 14.2. The maximum absolute atomic E-state index is 12.8. The maximum atomic E-state index is 12.8. The summed E-state index contributed by atoms with van der Waals surface area (Å²) < 4.78 is 18.9. The van der Waals surface area contributed by atoms with E-state index in [0.29, 0.717) is 16.3 Å². The Labute approximate surface area is 179 Å². The van der Waals surface area contributed by atoms with Gasteiger partial charge in [-0.2, -0.15) is 0 Å². The maximum Gasteiger partial charge on any atom is 0.276 e. The molecule has 2 amide bonds. The molecule has 2 rings (SSSR count). The highest BCUT2D eigenvalue weighted by molar-refractivity contribution is 9.10. The topological polar surface area (TPSA) is 79.5 Å². The Balaban J connectivity index is 1.71. The van der Waals surface area contributed by atoms with Crippen LogP contribution in [-0.4, -0.2) is 23.5 Å². The average Bonchev–Trinajstić information content (AvgIpc) is 2.65. The van der Waals surface area contributed by atoms with Gasteiger partial charge in [0, 0.05) is 10.5 Å². The van der Waals surface area contributed by atoms with E-state index in [1.165, 1.54) is 36.4 Å². The van der Waals surface area contributed by atoms with Crippen molar-refractivity contribution in [2.45, 2.75) is 0 Å². The molecule has 2 aromatic carbocycles. The minimum Gasteiger partial charge on any atom is -0.482 e. The molecule has 0 atom stereocenters. The molecular formula is C18H14BrClFN3O3S. The minimum atomic E-state index is -0.530. The van der Waals surface area contributed by atoms with Crippen LogP contribution in [0.3, 0.4) is 0 Å². The van der Waals surface area contributed by atoms with Crippen LogP contribution in [-0.2, 0) is 9.59 Å². The molecule has 0 saturated heterocycles. The molecule has 3 N–H and O–H groups in total. The molecule has 0 fully saturated rings. The molecule has 0 aliphatic heterocycles. The SMILES string of the molecule is O=C(C=Cc1ccc(F)cc1)NC(=S)NNC(=O)COc1ccc(Br)cc1Cl. The number of carbonyl (C=O) groups is 2. The second kappa shape index (κ2) is 10.7. The van der Waals surface area contributed by atoms with Crippen LogP contribution >= 0.6 is 39.7 Å².